The van der Waals surface area contributed by atoms with Crippen LogP contribution >= 0.6 is 11.6 Å². The highest BCUT2D eigenvalue weighted by molar-refractivity contribution is 6.30. The highest BCUT2D eigenvalue weighted by atomic mass is 35.5. The molecule has 0 saturated carbocycles. The van der Waals surface area contributed by atoms with E-state index >= 15 is 0 Å². The third kappa shape index (κ3) is 4.61. The van der Waals surface area contributed by atoms with E-state index in [1.165, 1.54) is 11.8 Å². The Kier molecular flexibility index (Phi) is 6.21. The van der Waals surface area contributed by atoms with E-state index in [0.29, 0.717) is 16.1 Å². The number of carbonyl (C=O) groups is 2. The number of hydrogen-bond donors (Lipinski definition) is 1. The summed E-state index contributed by atoms with van der Waals surface area (Å²) in [5.74, 6) is -0.971. The van der Waals surface area contributed by atoms with Crippen LogP contribution in [0, 0.1) is 6.92 Å². The number of halogens is 4. The molecule has 172 valence electrons. The second kappa shape index (κ2) is 8.94. The smallest absolute Gasteiger partial charge is 0.353 e. The molecule has 0 radical (unpaired) electrons. The van der Waals surface area contributed by atoms with Gasteiger partial charge in [-0.15, -0.1) is 0 Å². The van der Waals surface area contributed by atoms with Gasteiger partial charge in [-0.05, 0) is 35.7 Å². The van der Waals surface area contributed by atoms with Crippen molar-refractivity contribution in [1.82, 2.24) is 14.8 Å². The number of nitrogens with zero attached hydrogens (tertiary/aromatic N) is 2. The van der Waals surface area contributed by atoms with Crippen LogP contribution in [-0.2, 0) is 17.5 Å². The lowest BCUT2D eigenvalue weighted by atomic mass is 10.00. The van der Waals surface area contributed by atoms with Crippen molar-refractivity contribution in [2.75, 3.05) is 19.6 Å². The van der Waals surface area contributed by atoms with Gasteiger partial charge in [-0.1, -0.05) is 54.1 Å². The summed E-state index contributed by atoms with van der Waals surface area (Å²) < 4.78 is 44.0. The van der Waals surface area contributed by atoms with Gasteiger partial charge in [0.25, 0.3) is 5.91 Å². The molecule has 3 aromatic rings. The van der Waals surface area contributed by atoms with Crippen molar-refractivity contribution in [3.63, 3.8) is 0 Å². The number of nitrogens with one attached hydrogen (secondary N) is 1. The summed E-state index contributed by atoms with van der Waals surface area (Å²) in [4.78, 5) is 26.8. The molecule has 1 fully saturated rings. The molecule has 0 atom stereocenters. The predicted molar refractivity (Wildman–Crippen MR) is 119 cm³/mol. The van der Waals surface area contributed by atoms with Crippen molar-refractivity contribution in [2.24, 2.45) is 0 Å². The minimum absolute atomic E-state index is 0.0504. The fourth-order valence-electron chi connectivity index (χ4n) is 4.19. The maximum Gasteiger partial charge on any atom is 0.431 e. The molecule has 2 heterocycles. The molecule has 4 rings (SSSR count). The predicted octanol–water partition coefficient (Wildman–Crippen LogP) is 4.76. The number of piperazine rings is 1. The molecule has 0 bridgehead atoms. The SMILES string of the molecule is Cc1c(-c2ccc(Cl)cc2)c(C(=O)N2CCNC(=O)C2)n(Cc2ccccc2)c1C(F)(F)F. The van der Waals surface area contributed by atoms with Gasteiger partial charge in [-0.3, -0.25) is 9.59 Å². The highest BCUT2D eigenvalue weighted by Crippen LogP contribution is 2.42. The van der Waals surface area contributed by atoms with Crippen LogP contribution in [0.5, 0.6) is 0 Å². The number of carbonyl (C=O) groups excluding carboxylic acids is 2. The Labute approximate surface area is 193 Å². The van der Waals surface area contributed by atoms with Crippen molar-refractivity contribution in [1.29, 1.82) is 0 Å². The van der Waals surface area contributed by atoms with E-state index in [1.54, 1.807) is 54.6 Å². The quantitative estimate of drug-likeness (QED) is 0.591. The van der Waals surface area contributed by atoms with Gasteiger partial charge in [0.15, 0.2) is 0 Å². The van der Waals surface area contributed by atoms with Gasteiger partial charge in [-0.2, -0.15) is 13.2 Å². The third-order valence-corrected chi connectivity index (χ3v) is 5.87. The molecule has 1 aromatic heterocycles. The lowest BCUT2D eigenvalue weighted by molar-refractivity contribution is -0.143. The van der Waals surface area contributed by atoms with Crippen LogP contribution in [0.1, 0.15) is 27.3 Å². The number of rotatable bonds is 4. The largest absolute Gasteiger partial charge is 0.431 e. The number of benzene rings is 2. The lowest BCUT2D eigenvalue weighted by Crippen LogP contribution is -2.50. The van der Waals surface area contributed by atoms with E-state index < -0.39 is 17.8 Å². The van der Waals surface area contributed by atoms with E-state index in [9.17, 15) is 22.8 Å². The summed E-state index contributed by atoms with van der Waals surface area (Å²) >= 11 is 5.99. The van der Waals surface area contributed by atoms with Crippen molar-refractivity contribution < 1.29 is 22.8 Å². The minimum atomic E-state index is -4.70. The molecule has 1 N–H and O–H groups in total. The number of aromatic nitrogens is 1. The Bertz CT molecular complexity index is 1190. The molecule has 0 aliphatic carbocycles. The summed E-state index contributed by atoms with van der Waals surface area (Å²) in [5, 5.41) is 3.06. The van der Waals surface area contributed by atoms with Gasteiger partial charge in [0.2, 0.25) is 5.91 Å². The molecule has 5 nitrogen and oxygen atoms in total. The van der Waals surface area contributed by atoms with Gasteiger partial charge in [0.1, 0.15) is 11.4 Å². The van der Waals surface area contributed by atoms with Gasteiger partial charge in [0, 0.05) is 30.2 Å². The zero-order valence-electron chi connectivity index (χ0n) is 17.7. The van der Waals surface area contributed by atoms with Gasteiger partial charge >= 0.3 is 6.18 Å². The van der Waals surface area contributed by atoms with Crippen molar-refractivity contribution in [3.8, 4) is 11.1 Å². The zero-order chi connectivity index (χ0) is 23.8. The Morgan fingerprint density at radius 2 is 1.76 bits per heavy atom. The summed E-state index contributed by atoms with van der Waals surface area (Å²) in [5.41, 5.74) is 0.211. The van der Waals surface area contributed by atoms with E-state index in [4.69, 9.17) is 11.6 Å². The van der Waals surface area contributed by atoms with Gasteiger partial charge in [-0.25, -0.2) is 0 Å². The Balaban J connectivity index is 1.97. The first-order valence-corrected chi connectivity index (χ1v) is 10.7. The molecule has 9 heteroatoms. The molecule has 2 amide bonds. The first kappa shape index (κ1) is 22.9. The third-order valence-electron chi connectivity index (χ3n) is 5.62. The lowest BCUT2D eigenvalue weighted by Gasteiger charge is -2.28. The van der Waals surface area contributed by atoms with Crippen LogP contribution in [0.2, 0.25) is 5.02 Å². The average Bonchev–Trinajstić information content (AvgIpc) is 3.06. The molecule has 1 aliphatic rings. The topological polar surface area (TPSA) is 54.3 Å². The normalized spacial score (nSPS) is 14.3. The van der Waals surface area contributed by atoms with Crippen molar-refractivity contribution in [3.05, 3.63) is 82.1 Å². The minimum Gasteiger partial charge on any atom is -0.353 e. The monoisotopic (exact) mass is 475 g/mol. The van der Waals surface area contributed by atoms with Gasteiger partial charge in [0.05, 0.1) is 6.54 Å². The molecular formula is C24H21ClF3N3O2. The van der Waals surface area contributed by atoms with E-state index in [0.717, 1.165) is 4.57 Å². The molecule has 1 saturated heterocycles. The summed E-state index contributed by atoms with van der Waals surface area (Å²) in [6.07, 6.45) is -4.70. The summed E-state index contributed by atoms with van der Waals surface area (Å²) in [7, 11) is 0. The van der Waals surface area contributed by atoms with Gasteiger partial charge < -0.3 is 14.8 Å². The first-order chi connectivity index (χ1) is 15.7. The fourth-order valence-corrected chi connectivity index (χ4v) is 4.31. The van der Waals surface area contributed by atoms with Crippen LogP contribution in [0.25, 0.3) is 11.1 Å². The number of alkyl halides is 3. The van der Waals surface area contributed by atoms with Crippen molar-refractivity contribution >= 4 is 23.4 Å². The molecule has 1 aliphatic heterocycles. The van der Waals surface area contributed by atoms with Crippen LogP contribution in [-0.4, -0.2) is 40.9 Å². The average molecular weight is 476 g/mol. The second-order valence-corrected chi connectivity index (χ2v) is 8.29. The fraction of sp³-hybridized carbons (Fsp3) is 0.250. The highest BCUT2D eigenvalue weighted by Gasteiger charge is 2.42. The van der Waals surface area contributed by atoms with E-state index in [-0.39, 0.29) is 48.9 Å². The second-order valence-electron chi connectivity index (χ2n) is 7.85. The molecule has 33 heavy (non-hydrogen) atoms. The number of amides is 2. The molecule has 0 unspecified atom stereocenters. The van der Waals surface area contributed by atoms with Crippen molar-refractivity contribution in [2.45, 2.75) is 19.6 Å². The maximum absolute atomic E-state index is 14.3. The molecule has 0 spiro atoms. The van der Waals surface area contributed by atoms with E-state index in [2.05, 4.69) is 5.32 Å². The van der Waals surface area contributed by atoms with Crippen LogP contribution < -0.4 is 5.32 Å². The van der Waals surface area contributed by atoms with Crippen LogP contribution in [0.15, 0.2) is 54.6 Å². The summed E-state index contributed by atoms with van der Waals surface area (Å²) in [6.45, 7) is 1.46. The summed E-state index contributed by atoms with van der Waals surface area (Å²) in [6, 6.07) is 15.0. The standard InChI is InChI=1S/C24H21ClF3N3O2/c1-15-20(17-7-9-18(25)10-8-17)21(23(33)30-12-11-29-19(32)14-30)31(22(15)24(26,27)28)13-16-5-3-2-4-6-16/h2-10H,11-14H2,1H3,(H,29,32). The Morgan fingerprint density at radius 3 is 2.36 bits per heavy atom. The Morgan fingerprint density at radius 1 is 1.09 bits per heavy atom. The molecule has 2 aromatic carbocycles. The number of hydrogen-bond acceptors (Lipinski definition) is 2. The van der Waals surface area contributed by atoms with Crippen LogP contribution in [0.3, 0.4) is 0 Å². The zero-order valence-corrected chi connectivity index (χ0v) is 18.5. The Hall–Kier alpha value is -3.26. The maximum atomic E-state index is 14.3. The van der Waals surface area contributed by atoms with E-state index in [1.807, 2.05) is 0 Å². The molecular weight excluding hydrogens is 455 g/mol. The first-order valence-electron chi connectivity index (χ1n) is 10.3. The van der Waals surface area contributed by atoms with Crippen LogP contribution in [0.4, 0.5) is 13.2 Å².